The highest BCUT2D eigenvalue weighted by molar-refractivity contribution is 7.99. The molecule has 1 atom stereocenters. The summed E-state index contributed by atoms with van der Waals surface area (Å²) in [5, 5.41) is 0.699. The number of ether oxygens (including phenoxy) is 2. The molecule has 152 valence electrons. The van der Waals surface area contributed by atoms with Crippen molar-refractivity contribution in [3.05, 3.63) is 48.0 Å². The third-order valence-corrected chi connectivity index (χ3v) is 6.90. The van der Waals surface area contributed by atoms with Gasteiger partial charge in [0.25, 0.3) is 5.91 Å². The number of anilines is 1. The molecule has 1 unspecified atom stereocenters. The van der Waals surface area contributed by atoms with Crippen molar-refractivity contribution >= 4 is 44.4 Å². The van der Waals surface area contributed by atoms with Gasteiger partial charge < -0.3 is 9.47 Å². The van der Waals surface area contributed by atoms with E-state index >= 15 is 0 Å². The second-order valence-corrected chi connectivity index (χ2v) is 9.13. The highest BCUT2D eigenvalue weighted by Crippen LogP contribution is 2.34. The topological polar surface area (TPSA) is 51.7 Å². The number of amides is 1. The highest BCUT2D eigenvalue weighted by Gasteiger charge is 2.28. The number of rotatable bonds is 7. The van der Waals surface area contributed by atoms with Crippen molar-refractivity contribution in [1.82, 2.24) is 4.98 Å². The van der Waals surface area contributed by atoms with Gasteiger partial charge in [-0.3, -0.25) is 9.69 Å². The molecule has 29 heavy (non-hydrogen) atoms. The minimum atomic E-state index is -0.0249. The average Bonchev–Trinajstić information content (AvgIpc) is 3.41. The molecule has 7 heteroatoms. The molecule has 0 radical (unpaired) electrons. The highest BCUT2D eigenvalue weighted by atomic mass is 32.2. The van der Waals surface area contributed by atoms with Crippen molar-refractivity contribution in [2.75, 3.05) is 30.9 Å². The summed E-state index contributed by atoms with van der Waals surface area (Å²) in [4.78, 5) is 21.2. The number of thioether (sulfide) groups is 1. The summed E-state index contributed by atoms with van der Waals surface area (Å²) >= 11 is 3.21. The van der Waals surface area contributed by atoms with Gasteiger partial charge in [0.05, 0.1) is 35.5 Å². The Morgan fingerprint density at radius 2 is 2.21 bits per heavy atom. The number of nitrogens with zero attached hydrogens (tertiary/aromatic N) is 2. The van der Waals surface area contributed by atoms with Crippen LogP contribution in [0.4, 0.5) is 5.13 Å². The molecule has 1 aliphatic heterocycles. The lowest BCUT2D eigenvalue weighted by Crippen LogP contribution is -2.37. The Morgan fingerprint density at radius 1 is 1.34 bits per heavy atom. The van der Waals surface area contributed by atoms with Crippen molar-refractivity contribution in [3.8, 4) is 5.75 Å². The largest absolute Gasteiger partial charge is 0.497 e. The van der Waals surface area contributed by atoms with Gasteiger partial charge in [0, 0.05) is 17.6 Å². The number of benzene rings is 2. The Balaban J connectivity index is 1.72. The first kappa shape index (κ1) is 20.2. The Morgan fingerprint density at radius 3 is 2.97 bits per heavy atom. The third-order valence-electron chi connectivity index (χ3n) is 4.89. The van der Waals surface area contributed by atoms with Crippen LogP contribution in [-0.2, 0) is 4.74 Å². The predicted molar refractivity (Wildman–Crippen MR) is 120 cm³/mol. The van der Waals surface area contributed by atoms with Crippen LogP contribution in [0.25, 0.3) is 10.2 Å². The van der Waals surface area contributed by atoms with Gasteiger partial charge in [-0.1, -0.05) is 30.4 Å². The first-order valence-electron chi connectivity index (χ1n) is 9.79. The smallest absolute Gasteiger partial charge is 0.261 e. The maximum atomic E-state index is 13.6. The second-order valence-electron chi connectivity index (χ2n) is 6.81. The van der Waals surface area contributed by atoms with Crippen LogP contribution in [0.5, 0.6) is 5.75 Å². The first-order chi connectivity index (χ1) is 14.2. The van der Waals surface area contributed by atoms with Crippen LogP contribution in [0.1, 0.15) is 30.1 Å². The molecule has 2 heterocycles. The van der Waals surface area contributed by atoms with Crippen LogP contribution in [-0.4, -0.2) is 43.0 Å². The molecule has 4 rings (SSSR count). The lowest BCUT2D eigenvalue weighted by molar-refractivity contribution is 0.0915. The zero-order valence-electron chi connectivity index (χ0n) is 16.6. The number of fused-ring (bicyclic) bond motifs is 1. The van der Waals surface area contributed by atoms with E-state index in [-0.39, 0.29) is 12.0 Å². The molecule has 1 fully saturated rings. The van der Waals surface area contributed by atoms with E-state index in [1.54, 1.807) is 23.8 Å². The van der Waals surface area contributed by atoms with Crippen molar-refractivity contribution in [3.63, 3.8) is 0 Å². The number of carbonyl (C=O) groups excluding carboxylic acids is 1. The molecular weight excluding hydrogens is 404 g/mol. The van der Waals surface area contributed by atoms with Crippen LogP contribution in [0, 0.1) is 0 Å². The van der Waals surface area contributed by atoms with E-state index in [1.165, 1.54) is 11.3 Å². The number of aromatic nitrogens is 1. The van der Waals surface area contributed by atoms with Gasteiger partial charge in [0.15, 0.2) is 5.13 Å². The maximum Gasteiger partial charge on any atom is 0.261 e. The summed E-state index contributed by atoms with van der Waals surface area (Å²) in [5.74, 6) is 1.65. The summed E-state index contributed by atoms with van der Waals surface area (Å²) in [7, 11) is 1.64. The first-order valence-corrected chi connectivity index (χ1v) is 11.6. The van der Waals surface area contributed by atoms with E-state index in [4.69, 9.17) is 14.5 Å². The fourth-order valence-electron chi connectivity index (χ4n) is 3.45. The number of methoxy groups -OCH3 is 1. The zero-order chi connectivity index (χ0) is 20.2. The molecule has 0 aliphatic carbocycles. The van der Waals surface area contributed by atoms with Gasteiger partial charge in [-0.25, -0.2) is 4.98 Å². The van der Waals surface area contributed by atoms with Crippen molar-refractivity contribution < 1.29 is 14.3 Å². The molecule has 1 aromatic heterocycles. The molecule has 1 amide bonds. The maximum absolute atomic E-state index is 13.6. The van der Waals surface area contributed by atoms with E-state index in [0.717, 1.165) is 46.1 Å². The van der Waals surface area contributed by atoms with Gasteiger partial charge in [-0.15, -0.1) is 11.8 Å². The van der Waals surface area contributed by atoms with Crippen molar-refractivity contribution in [2.45, 2.75) is 30.8 Å². The number of carbonyl (C=O) groups is 1. The molecule has 0 spiro atoms. The molecule has 1 aliphatic rings. The standard InChI is InChI=1S/C22H24N2O3S2/c1-3-28-19-9-5-4-8-17(19)21(25)24(14-16-7-6-12-27-16)22-23-18-13-15(26-2)10-11-20(18)29-22/h4-5,8-11,13,16H,3,6-7,12,14H2,1-2H3. The minimum Gasteiger partial charge on any atom is -0.497 e. The summed E-state index contributed by atoms with van der Waals surface area (Å²) in [6.45, 7) is 3.37. The summed E-state index contributed by atoms with van der Waals surface area (Å²) in [5.41, 5.74) is 1.56. The fraction of sp³-hybridized carbons (Fsp3) is 0.364. The van der Waals surface area contributed by atoms with Gasteiger partial charge in [-0.2, -0.15) is 0 Å². The summed E-state index contributed by atoms with van der Waals surface area (Å²) in [6, 6.07) is 13.6. The third kappa shape index (κ3) is 4.42. The van der Waals surface area contributed by atoms with E-state index in [2.05, 4.69) is 6.92 Å². The summed E-state index contributed by atoms with van der Waals surface area (Å²) in [6.07, 6.45) is 2.05. The summed E-state index contributed by atoms with van der Waals surface area (Å²) < 4.78 is 12.2. The molecule has 0 saturated carbocycles. The lowest BCUT2D eigenvalue weighted by Gasteiger charge is -2.24. The molecular formula is C22H24N2O3S2. The van der Waals surface area contributed by atoms with Crippen LogP contribution < -0.4 is 9.64 Å². The van der Waals surface area contributed by atoms with Crippen molar-refractivity contribution in [2.24, 2.45) is 0 Å². The van der Waals surface area contributed by atoms with E-state index in [0.29, 0.717) is 17.2 Å². The van der Waals surface area contributed by atoms with Crippen molar-refractivity contribution in [1.29, 1.82) is 0 Å². The molecule has 0 N–H and O–H groups in total. The predicted octanol–water partition coefficient (Wildman–Crippen LogP) is 5.24. The van der Waals surface area contributed by atoms with Gasteiger partial charge >= 0.3 is 0 Å². The van der Waals surface area contributed by atoms with Gasteiger partial charge in [0.1, 0.15) is 5.75 Å². The molecule has 3 aromatic rings. The van der Waals surface area contributed by atoms with Crippen LogP contribution in [0.2, 0.25) is 0 Å². The second kappa shape index (κ2) is 9.15. The number of thiazole rings is 1. The molecule has 5 nitrogen and oxygen atoms in total. The SMILES string of the molecule is CCSc1ccccc1C(=O)N(CC1CCCO1)c1nc2cc(OC)ccc2s1. The zero-order valence-corrected chi connectivity index (χ0v) is 18.2. The van der Waals surface area contributed by atoms with E-state index in [9.17, 15) is 4.79 Å². The van der Waals surface area contributed by atoms with Gasteiger partial charge in [-0.05, 0) is 42.9 Å². The van der Waals surface area contributed by atoms with Crippen LogP contribution in [0.15, 0.2) is 47.4 Å². The molecule has 2 aromatic carbocycles. The Kier molecular flexibility index (Phi) is 6.37. The monoisotopic (exact) mass is 428 g/mol. The van der Waals surface area contributed by atoms with Crippen LogP contribution in [0.3, 0.4) is 0 Å². The van der Waals surface area contributed by atoms with E-state index in [1.807, 2.05) is 42.5 Å². The molecule has 0 bridgehead atoms. The number of hydrogen-bond acceptors (Lipinski definition) is 6. The lowest BCUT2D eigenvalue weighted by atomic mass is 10.1. The van der Waals surface area contributed by atoms with Crippen LogP contribution >= 0.6 is 23.1 Å². The molecule has 1 saturated heterocycles. The number of hydrogen-bond donors (Lipinski definition) is 0. The Bertz CT molecular complexity index is 999. The Labute approximate surface area is 179 Å². The van der Waals surface area contributed by atoms with E-state index < -0.39 is 0 Å². The Hall–Kier alpha value is -2.09. The fourth-order valence-corrected chi connectivity index (χ4v) is 5.20. The quantitative estimate of drug-likeness (QED) is 0.482. The van der Waals surface area contributed by atoms with Gasteiger partial charge in [0.2, 0.25) is 0 Å². The average molecular weight is 429 g/mol. The normalized spacial score (nSPS) is 16.3. The minimum absolute atomic E-state index is 0.0249.